The normalized spacial score (nSPS) is 12.0. The minimum Gasteiger partial charge on any atom is -0.456 e. The van der Waals surface area contributed by atoms with Gasteiger partial charge in [0.1, 0.15) is 11.2 Å². The smallest absolute Gasteiger partial charge is 0.136 e. The van der Waals surface area contributed by atoms with E-state index < -0.39 is 0 Å². The van der Waals surface area contributed by atoms with Crippen LogP contribution in [-0.4, -0.2) is 4.57 Å². The second-order valence-corrected chi connectivity index (χ2v) is 13.8. The molecule has 46 heavy (non-hydrogen) atoms. The van der Waals surface area contributed by atoms with E-state index in [-0.39, 0.29) is 0 Å². The Kier molecular flexibility index (Phi) is 5.63. The lowest BCUT2D eigenvalue weighted by Gasteiger charge is -2.08. The van der Waals surface area contributed by atoms with E-state index in [0.29, 0.717) is 0 Å². The van der Waals surface area contributed by atoms with Gasteiger partial charge in [-0.05, 0) is 101 Å². The van der Waals surface area contributed by atoms with Crippen LogP contribution in [0.1, 0.15) is 0 Å². The summed E-state index contributed by atoms with van der Waals surface area (Å²) in [4.78, 5) is 0. The molecule has 0 radical (unpaired) electrons. The molecule has 216 valence electrons. The molecule has 0 amide bonds. The van der Waals surface area contributed by atoms with Crippen molar-refractivity contribution in [2.45, 2.75) is 0 Å². The van der Waals surface area contributed by atoms with Crippen LogP contribution < -0.4 is 0 Å². The van der Waals surface area contributed by atoms with Crippen molar-refractivity contribution in [1.82, 2.24) is 4.57 Å². The fourth-order valence-corrected chi connectivity index (χ4v) is 8.75. The number of para-hydroxylation sites is 1. The molecule has 0 aliphatic carbocycles. The van der Waals surface area contributed by atoms with Crippen molar-refractivity contribution in [2.24, 2.45) is 0 Å². The van der Waals surface area contributed by atoms with Crippen molar-refractivity contribution >= 4 is 91.2 Å². The summed E-state index contributed by atoms with van der Waals surface area (Å²) in [5.41, 5.74) is 10.1. The van der Waals surface area contributed by atoms with E-state index in [1.807, 2.05) is 23.5 Å². The highest BCUT2D eigenvalue weighted by molar-refractivity contribution is 9.10. The molecule has 10 rings (SSSR count). The zero-order valence-corrected chi connectivity index (χ0v) is 26.9. The molecule has 4 heteroatoms. The molecule has 7 aromatic carbocycles. The van der Waals surface area contributed by atoms with E-state index in [4.69, 9.17) is 4.42 Å². The zero-order chi connectivity index (χ0) is 30.4. The molecular weight excluding hydrogens is 646 g/mol. The van der Waals surface area contributed by atoms with Crippen LogP contribution in [0.3, 0.4) is 0 Å². The van der Waals surface area contributed by atoms with E-state index in [9.17, 15) is 0 Å². The minimum absolute atomic E-state index is 0.893. The molecule has 2 nitrogen and oxygen atoms in total. The van der Waals surface area contributed by atoms with E-state index in [2.05, 4.69) is 154 Å². The highest BCUT2D eigenvalue weighted by Crippen LogP contribution is 2.41. The average molecular weight is 671 g/mol. The predicted molar refractivity (Wildman–Crippen MR) is 200 cm³/mol. The van der Waals surface area contributed by atoms with E-state index in [1.54, 1.807) is 0 Å². The van der Waals surface area contributed by atoms with Crippen molar-refractivity contribution in [3.63, 3.8) is 0 Å². The lowest BCUT2D eigenvalue weighted by atomic mass is 9.98. The fourth-order valence-electron chi connectivity index (χ4n) is 7.11. The number of benzene rings is 7. The molecule has 0 atom stereocenters. The standard InChI is InChI=1S/C42H24BrNOS/c43-35-10-6-11-39-42(35)34-24-27(15-19-38(34)45-39)25-13-17-36-31(21-25)32-22-26(14-18-37(32)44(36)29-7-2-1-3-8-29)28-16-20-41-33(23-28)30-9-4-5-12-40(30)46-41/h1-24H. The molecule has 0 aliphatic rings. The monoisotopic (exact) mass is 669 g/mol. The van der Waals surface area contributed by atoms with Crippen molar-refractivity contribution in [3.05, 3.63) is 150 Å². The third-order valence-electron chi connectivity index (χ3n) is 9.27. The first kappa shape index (κ1) is 26.1. The molecule has 10 aromatic rings. The summed E-state index contributed by atoms with van der Waals surface area (Å²) in [5, 5.41) is 7.35. The zero-order valence-electron chi connectivity index (χ0n) is 24.5. The molecule has 0 fully saturated rings. The molecule has 0 saturated heterocycles. The van der Waals surface area contributed by atoms with Crippen LogP contribution in [0.5, 0.6) is 0 Å². The largest absolute Gasteiger partial charge is 0.456 e. The van der Waals surface area contributed by atoms with Crippen molar-refractivity contribution in [1.29, 1.82) is 0 Å². The Morgan fingerprint density at radius 1 is 0.457 bits per heavy atom. The molecule has 0 aliphatic heterocycles. The fraction of sp³-hybridized carbons (Fsp3) is 0. The van der Waals surface area contributed by atoms with Gasteiger partial charge < -0.3 is 8.98 Å². The first-order chi connectivity index (χ1) is 22.7. The molecule has 0 saturated carbocycles. The van der Waals surface area contributed by atoms with E-state index >= 15 is 0 Å². The molecule has 3 heterocycles. The van der Waals surface area contributed by atoms with Crippen molar-refractivity contribution < 1.29 is 4.42 Å². The van der Waals surface area contributed by atoms with Crippen LogP contribution in [0.25, 0.3) is 91.9 Å². The van der Waals surface area contributed by atoms with Gasteiger partial charge in [0, 0.05) is 51.9 Å². The Balaban J connectivity index is 1.20. The van der Waals surface area contributed by atoms with Gasteiger partial charge in [-0.1, -0.05) is 82.7 Å². The second-order valence-electron chi connectivity index (χ2n) is 11.9. The summed E-state index contributed by atoms with van der Waals surface area (Å²) in [6.07, 6.45) is 0. The number of hydrogen-bond donors (Lipinski definition) is 0. The molecule has 3 aromatic heterocycles. The van der Waals surface area contributed by atoms with Gasteiger partial charge in [-0.2, -0.15) is 0 Å². The Hall–Kier alpha value is -5.16. The van der Waals surface area contributed by atoms with Gasteiger partial charge in [0.05, 0.1) is 11.0 Å². The van der Waals surface area contributed by atoms with E-state index in [1.165, 1.54) is 64.2 Å². The second kappa shape index (κ2) is 9.92. The number of nitrogens with zero attached hydrogens (tertiary/aromatic N) is 1. The summed E-state index contributed by atoms with van der Waals surface area (Å²) < 4.78 is 12.3. The SMILES string of the molecule is Brc1cccc2oc3ccc(-c4ccc5c(c4)c4cc(-c6ccc7sc8ccccc8c7c6)ccc4n5-c4ccccc4)cc3c12. The Labute approximate surface area is 276 Å². The number of fused-ring (bicyclic) bond motifs is 9. The van der Waals surface area contributed by atoms with Crippen LogP contribution in [0.2, 0.25) is 0 Å². The summed E-state index contributed by atoms with van der Waals surface area (Å²) in [6, 6.07) is 52.7. The van der Waals surface area contributed by atoms with Gasteiger partial charge in [-0.25, -0.2) is 0 Å². The Morgan fingerprint density at radius 3 is 1.83 bits per heavy atom. The first-order valence-corrected chi connectivity index (χ1v) is 17.0. The van der Waals surface area contributed by atoms with Crippen LogP contribution in [0.15, 0.2) is 154 Å². The summed E-state index contributed by atoms with van der Waals surface area (Å²) in [7, 11) is 0. The quantitative estimate of drug-likeness (QED) is 0.183. The van der Waals surface area contributed by atoms with Crippen LogP contribution in [0, 0.1) is 0 Å². The lowest BCUT2D eigenvalue weighted by molar-refractivity contribution is 0.669. The van der Waals surface area contributed by atoms with Crippen LogP contribution in [-0.2, 0) is 0 Å². The topological polar surface area (TPSA) is 18.1 Å². The molecular formula is C42H24BrNOS. The molecule has 0 unspecified atom stereocenters. The molecule has 0 N–H and O–H groups in total. The average Bonchev–Trinajstić information content (AvgIpc) is 3.77. The maximum absolute atomic E-state index is 6.17. The number of halogens is 1. The van der Waals surface area contributed by atoms with Crippen LogP contribution >= 0.6 is 27.3 Å². The summed E-state index contributed by atoms with van der Waals surface area (Å²) >= 11 is 5.61. The third-order valence-corrected chi connectivity index (χ3v) is 11.1. The lowest BCUT2D eigenvalue weighted by Crippen LogP contribution is -1.93. The van der Waals surface area contributed by atoms with Crippen molar-refractivity contribution in [3.8, 4) is 27.9 Å². The predicted octanol–water partition coefficient (Wildman–Crippen LogP) is 13.1. The van der Waals surface area contributed by atoms with Gasteiger partial charge in [0.2, 0.25) is 0 Å². The maximum Gasteiger partial charge on any atom is 0.136 e. The van der Waals surface area contributed by atoms with Gasteiger partial charge in [0.15, 0.2) is 0 Å². The number of furan rings is 1. The van der Waals surface area contributed by atoms with Gasteiger partial charge in [-0.15, -0.1) is 11.3 Å². The number of rotatable bonds is 3. The number of aromatic nitrogens is 1. The highest BCUT2D eigenvalue weighted by Gasteiger charge is 2.16. The highest BCUT2D eigenvalue weighted by atomic mass is 79.9. The van der Waals surface area contributed by atoms with Crippen molar-refractivity contribution in [2.75, 3.05) is 0 Å². The van der Waals surface area contributed by atoms with Gasteiger partial charge in [-0.3, -0.25) is 0 Å². The summed E-state index contributed by atoms with van der Waals surface area (Å²) in [5.74, 6) is 0. The first-order valence-electron chi connectivity index (χ1n) is 15.4. The van der Waals surface area contributed by atoms with E-state index in [0.717, 1.165) is 32.1 Å². The number of thiophene rings is 1. The summed E-state index contributed by atoms with van der Waals surface area (Å²) in [6.45, 7) is 0. The van der Waals surface area contributed by atoms with Gasteiger partial charge in [0.25, 0.3) is 0 Å². The number of hydrogen-bond acceptors (Lipinski definition) is 2. The Bertz CT molecular complexity index is 2820. The van der Waals surface area contributed by atoms with Gasteiger partial charge >= 0.3 is 0 Å². The molecule has 0 spiro atoms. The van der Waals surface area contributed by atoms with Crippen LogP contribution in [0.4, 0.5) is 0 Å². The third kappa shape index (κ3) is 3.87. The minimum atomic E-state index is 0.893. The Morgan fingerprint density at radius 2 is 1.07 bits per heavy atom. The maximum atomic E-state index is 6.17. The molecule has 0 bridgehead atoms.